The minimum atomic E-state index is -3.95. The van der Waals surface area contributed by atoms with Crippen LogP contribution in [0, 0.1) is 11.3 Å². The second-order valence-corrected chi connectivity index (χ2v) is 6.17. The fraction of sp³-hybridized carbons (Fsp3) is 0. The lowest BCUT2D eigenvalue weighted by molar-refractivity contribution is 0.608. The second-order valence-electron chi connectivity index (χ2n) is 4.11. The Kier molecular flexibility index (Phi) is 4.63. The molecule has 106 valence electrons. The molecule has 0 bridgehead atoms. The first kappa shape index (κ1) is 15.1. The third-order valence-electron chi connectivity index (χ3n) is 2.62. The largest absolute Gasteiger partial charge is 0.279 e. The summed E-state index contributed by atoms with van der Waals surface area (Å²) in [4.78, 5) is -0.403. The van der Waals surface area contributed by atoms with E-state index in [4.69, 9.17) is 16.9 Å². The molecule has 2 aromatic carbocycles. The van der Waals surface area contributed by atoms with E-state index in [1.807, 2.05) is 0 Å². The van der Waals surface area contributed by atoms with Crippen LogP contribution in [0.2, 0.25) is 5.02 Å². The Balaban J connectivity index is 2.37. The summed E-state index contributed by atoms with van der Waals surface area (Å²) in [5, 5.41) is 9.49. The average Bonchev–Trinajstić information content (AvgIpc) is 2.46. The Hall–Kier alpha value is -2.29. The molecule has 4 nitrogen and oxygen atoms in total. The molecule has 0 aliphatic rings. The lowest BCUT2D eigenvalue weighted by Gasteiger charge is -2.07. The smallest absolute Gasteiger partial charge is 0.272 e. The lowest BCUT2D eigenvalue weighted by atomic mass is 10.2. The van der Waals surface area contributed by atoms with Crippen molar-refractivity contribution in [3.63, 3.8) is 0 Å². The van der Waals surface area contributed by atoms with Crippen LogP contribution in [-0.4, -0.2) is 8.42 Å². The average molecular weight is 319 g/mol. The maximum Gasteiger partial charge on any atom is 0.272 e. The fourth-order valence-corrected chi connectivity index (χ4v) is 2.77. The maximum atomic E-state index is 12.2. The summed E-state index contributed by atoms with van der Waals surface area (Å²) in [6, 6.07) is 16.7. The summed E-state index contributed by atoms with van der Waals surface area (Å²) in [5.41, 5.74) is 0.854. The van der Waals surface area contributed by atoms with Crippen LogP contribution >= 0.6 is 11.6 Å². The van der Waals surface area contributed by atoms with E-state index < -0.39 is 14.9 Å². The number of sulfonamides is 1. The Bertz CT molecular complexity index is 809. The zero-order valence-corrected chi connectivity index (χ0v) is 12.4. The predicted octanol–water partition coefficient (Wildman–Crippen LogP) is 3.65. The number of rotatable bonds is 4. The van der Waals surface area contributed by atoms with Crippen molar-refractivity contribution in [1.82, 2.24) is 0 Å². The number of nitrogens with one attached hydrogen (secondary N) is 1. The molecule has 0 unspecified atom stereocenters. The van der Waals surface area contributed by atoms with Crippen molar-refractivity contribution >= 4 is 33.4 Å². The Morgan fingerprint density at radius 1 is 1.10 bits per heavy atom. The van der Waals surface area contributed by atoms with E-state index in [2.05, 4.69) is 4.72 Å². The van der Waals surface area contributed by atoms with Crippen molar-refractivity contribution < 1.29 is 8.42 Å². The van der Waals surface area contributed by atoms with Gasteiger partial charge in [0.05, 0.1) is 0 Å². The van der Waals surface area contributed by atoms with Gasteiger partial charge in [0.15, 0.2) is 4.91 Å². The molecule has 0 saturated carbocycles. The summed E-state index contributed by atoms with van der Waals surface area (Å²) < 4.78 is 26.8. The third kappa shape index (κ3) is 3.85. The summed E-state index contributed by atoms with van der Waals surface area (Å²) in [6.07, 6.45) is 1.24. The summed E-state index contributed by atoms with van der Waals surface area (Å²) in [7, 11) is -3.95. The predicted molar refractivity (Wildman–Crippen MR) is 84.0 cm³/mol. The monoisotopic (exact) mass is 318 g/mol. The van der Waals surface area contributed by atoms with Crippen molar-refractivity contribution in [3.05, 3.63) is 70.1 Å². The Labute approximate surface area is 128 Å². The van der Waals surface area contributed by atoms with E-state index in [0.29, 0.717) is 16.3 Å². The van der Waals surface area contributed by atoms with Crippen molar-refractivity contribution in [2.75, 3.05) is 4.72 Å². The van der Waals surface area contributed by atoms with Gasteiger partial charge < -0.3 is 0 Å². The Morgan fingerprint density at radius 2 is 1.71 bits per heavy atom. The van der Waals surface area contributed by atoms with E-state index in [1.165, 1.54) is 6.08 Å². The standard InChI is InChI=1S/C15H11ClN2O2S/c16-15-9-5-4-6-12(15)10-14(11-17)21(19,20)18-13-7-2-1-3-8-13/h1-10,18H/b14-10+. The van der Waals surface area contributed by atoms with Crippen LogP contribution in [0.1, 0.15) is 5.56 Å². The van der Waals surface area contributed by atoms with Crippen LogP contribution in [0.3, 0.4) is 0 Å². The minimum absolute atomic E-state index is 0.375. The normalized spacial score (nSPS) is 11.7. The summed E-state index contributed by atoms with van der Waals surface area (Å²) in [5.74, 6) is 0. The zero-order valence-electron chi connectivity index (χ0n) is 10.8. The van der Waals surface area contributed by atoms with E-state index in [1.54, 1.807) is 60.7 Å². The first-order valence-electron chi connectivity index (χ1n) is 5.97. The van der Waals surface area contributed by atoms with Gasteiger partial charge in [-0.15, -0.1) is 0 Å². The summed E-state index contributed by atoms with van der Waals surface area (Å²) >= 11 is 5.97. The molecule has 0 atom stereocenters. The van der Waals surface area contributed by atoms with Crippen LogP contribution in [0.25, 0.3) is 6.08 Å². The number of benzene rings is 2. The number of nitriles is 1. The first-order chi connectivity index (χ1) is 10.0. The topological polar surface area (TPSA) is 70.0 Å². The van der Waals surface area contributed by atoms with Gasteiger partial charge in [-0.2, -0.15) is 5.26 Å². The number of halogens is 1. The molecule has 0 amide bonds. The van der Waals surface area contributed by atoms with Gasteiger partial charge in [0.25, 0.3) is 10.0 Å². The summed E-state index contributed by atoms with van der Waals surface area (Å²) in [6.45, 7) is 0. The highest BCUT2D eigenvalue weighted by atomic mass is 35.5. The number of nitrogens with zero attached hydrogens (tertiary/aromatic N) is 1. The van der Waals surface area contributed by atoms with Gasteiger partial charge in [0, 0.05) is 10.7 Å². The van der Waals surface area contributed by atoms with Crippen molar-refractivity contribution in [3.8, 4) is 6.07 Å². The van der Waals surface area contributed by atoms with E-state index >= 15 is 0 Å². The SMILES string of the molecule is N#C/C(=C\c1ccccc1Cl)S(=O)(=O)Nc1ccccc1. The number of hydrogen-bond acceptors (Lipinski definition) is 3. The number of para-hydroxylation sites is 1. The van der Waals surface area contributed by atoms with E-state index in [-0.39, 0.29) is 0 Å². The number of anilines is 1. The molecule has 21 heavy (non-hydrogen) atoms. The molecule has 0 spiro atoms. The molecule has 0 fully saturated rings. The van der Waals surface area contributed by atoms with Gasteiger partial charge in [-0.05, 0) is 29.8 Å². The molecular formula is C15H11ClN2O2S. The van der Waals surface area contributed by atoms with Crippen molar-refractivity contribution in [2.45, 2.75) is 0 Å². The van der Waals surface area contributed by atoms with Gasteiger partial charge in [0.1, 0.15) is 6.07 Å². The quantitative estimate of drug-likeness (QED) is 0.875. The lowest BCUT2D eigenvalue weighted by Crippen LogP contribution is -2.14. The molecule has 2 aromatic rings. The van der Waals surface area contributed by atoms with E-state index in [9.17, 15) is 8.42 Å². The maximum absolute atomic E-state index is 12.2. The van der Waals surface area contributed by atoms with Gasteiger partial charge in [-0.25, -0.2) is 8.42 Å². The molecule has 1 N–H and O–H groups in total. The van der Waals surface area contributed by atoms with Crippen LogP contribution in [0.15, 0.2) is 59.5 Å². The van der Waals surface area contributed by atoms with Crippen molar-refractivity contribution in [1.29, 1.82) is 5.26 Å². The molecule has 0 heterocycles. The van der Waals surface area contributed by atoms with Gasteiger partial charge >= 0.3 is 0 Å². The highest BCUT2D eigenvalue weighted by Crippen LogP contribution is 2.21. The molecule has 0 aliphatic carbocycles. The molecule has 2 rings (SSSR count). The highest BCUT2D eigenvalue weighted by Gasteiger charge is 2.18. The Morgan fingerprint density at radius 3 is 2.33 bits per heavy atom. The molecule has 0 radical (unpaired) electrons. The highest BCUT2D eigenvalue weighted by molar-refractivity contribution is 7.96. The number of hydrogen-bond donors (Lipinski definition) is 1. The second kappa shape index (κ2) is 6.44. The van der Waals surface area contributed by atoms with Crippen LogP contribution in [0.5, 0.6) is 0 Å². The van der Waals surface area contributed by atoms with Gasteiger partial charge in [-0.3, -0.25) is 4.72 Å². The minimum Gasteiger partial charge on any atom is -0.279 e. The number of allylic oxidation sites excluding steroid dienone is 1. The molecule has 0 aromatic heterocycles. The van der Waals surface area contributed by atoms with E-state index in [0.717, 1.165) is 0 Å². The molecule has 0 saturated heterocycles. The molecule has 0 aliphatic heterocycles. The van der Waals surface area contributed by atoms with Crippen LogP contribution in [-0.2, 0) is 10.0 Å². The van der Waals surface area contributed by atoms with Gasteiger partial charge in [0.2, 0.25) is 0 Å². The van der Waals surface area contributed by atoms with Crippen LogP contribution in [0.4, 0.5) is 5.69 Å². The molecular weight excluding hydrogens is 308 g/mol. The third-order valence-corrected chi connectivity index (χ3v) is 4.25. The van der Waals surface area contributed by atoms with Crippen LogP contribution < -0.4 is 4.72 Å². The first-order valence-corrected chi connectivity index (χ1v) is 7.83. The van der Waals surface area contributed by atoms with Gasteiger partial charge in [-0.1, -0.05) is 48.0 Å². The van der Waals surface area contributed by atoms with Crippen molar-refractivity contribution in [2.24, 2.45) is 0 Å². The fourth-order valence-electron chi connectivity index (χ4n) is 1.62. The zero-order chi connectivity index (χ0) is 15.3. The molecule has 6 heteroatoms.